The number of imide groups is 1. The van der Waals surface area contributed by atoms with E-state index in [0.29, 0.717) is 0 Å². The standard InChI is InChI=1S/C15H12N4O7/c1-25-9-4-7(8(19(23)24)5-10(9)26-2)18-11(20)3-6-12(13(18)16)15(22)17-14(6)21/h3-5H,16H2,1-2H3,(H,17,21,22). The summed E-state index contributed by atoms with van der Waals surface area (Å²) in [5.74, 6) is -1.77. The zero-order valence-corrected chi connectivity index (χ0v) is 13.6. The summed E-state index contributed by atoms with van der Waals surface area (Å²) >= 11 is 0. The number of carbonyl (C=O) groups excluding carboxylic acids is 2. The summed E-state index contributed by atoms with van der Waals surface area (Å²) < 4.78 is 10.9. The van der Waals surface area contributed by atoms with Crippen LogP contribution in [0.25, 0.3) is 5.69 Å². The quantitative estimate of drug-likeness (QED) is 0.446. The molecule has 2 heterocycles. The molecule has 0 radical (unpaired) electrons. The average Bonchev–Trinajstić information content (AvgIpc) is 2.87. The lowest BCUT2D eigenvalue weighted by Gasteiger charge is -2.14. The van der Waals surface area contributed by atoms with E-state index in [9.17, 15) is 24.5 Å². The maximum Gasteiger partial charge on any atom is 0.297 e. The predicted octanol–water partition coefficient (Wildman–Crippen LogP) is 0.229. The number of pyridine rings is 1. The monoisotopic (exact) mass is 360 g/mol. The Kier molecular flexibility index (Phi) is 3.83. The number of hydrogen-bond donors (Lipinski definition) is 2. The number of rotatable bonds is 4. The molecule has 3 N–H and O–H groups in total. The number of nitrogens with zero attached hydrogens (tertiary/aromatic N) is 2. The molecule has 134 valence electrons. The SMILES string of the molecule is COc1cc(-n2c(N)c3c(cc2=O)C(=O)NC3=O)c([N+](=O)[O-])cc1OC. The number of amides is 2. The van der Waals surface area contributed by atoms with Crippen molar-refractivity contribution in [3.63, 3.8) is 0 Å². The summed E-state index contributed by atoms with van der Waals surface area (Å²) in [6.45, 7) is 0. The summed E-state index contributed by atoms with van der Waals surface area (Å²) in [4.78, 5) is 46.8. The van der Waals surface area contributed by atoms with Gasteiger partial charge >= 0.3 is 0 Å². The first-order valence-electron chi connectivity index (χ1n) is 7.12. The van der Waals surface area contributed by atoms with E-state index in [1.807, 2.05) is 5.32 Å². The maximum absolute atomic E-state index is 12.5. The van der Waals surface area contributed by atoms with Crippen molar-refractivity contribution in [2.24, 2.45) is 0 Å². The molecule has 0 bridgehead atoms. The van der Waals surface area contributed by atoms with Crippen LogP contribution in [0.5, 0.6) is 11.5 Å². The number of nitro groups is 1. The van der Waals surface area contributed by atoms with E-state index in [2.05, 4.69) is 0 Å². The molecule has 0 saturated carbocycles. The van der Waals surface area contributed by atoms with Gasteiger partial charge in [0.1, 0.15) is 11.5 Å². The number of methoxy groups -OCH3 is 2. The minimum Gasteiger partial charge on any atom is -0.493 e. The molecular formula is C15H12N4O7. The fourth-order valence-corrected chi connectivity index (χ4v) is 2.71. The van der Waals surface area contributed by atoms with Crippen LogP contribution in [0.4, 0.5) is 11.5 Å². The first-order chi connectivity index (χ1) is 12.3. The van der Waals surface area contributed by atoms with Gasteiger partial charge in [-0.3, -0.25) is 34.4 Å². The Morgan fingerprint density at radius 3 is 2.27 bits per heavy atom. The number of nitrogens with two attached hydrogens (primary N) is 1. The van der Waals surface area contributed by atoms with Crippen LogP contribution in [0.1, 0.15) is 20.7 Å². The topological polar surface area (TPSA) is 156 Å². The van der Waals surface area contributed by atoms with Crippen LogP contribution in [0, 0.1) is 10.1 Å². The van der Waals surface area contributed by atoms with Crippen molar-refractivity contribution in [1.29, 1.82) is 0 Å². The summed E-state index contributed by atoms with van der Waals surface area (Å²) in [5.41, 5.74) is 3.95. The predicted molar refractivity (Wildman–Crippen MR) is 88.0 cm³/mol. The number of ether oxygens (including phenoxy) is 2. The fraction of sp³-hybridized carbons (Fsp3) is 0.133. The van der Waals surface area contributed by atoms with Crippen LogP contribution in [-0.4, -0.2) is 35.5 Å². The molecule has 11 nitrogen and oxygen atoms in total. The Balaban J connectivity index is 2.40. The van der Waals surface area contributed by atoms with Crippen LogP contribution in [0.2, 0.25) is 0 Å². The molecule has 1 aromatic heterocycles. The van der Waals surface area contributed by atoms with E-state index in [1.165, 1.54) is 20.3 Å². The van der Waals surface area contributed by atoms with Crippen LogP contribution >= 0.6 is 0 Å². The molecule has 0 unspecified atom stereocenters. The lowest BCUT2D eigenvalue weighted by molar-refractivity contribution is -0.384. The Bertz CT molecular complexity index is 1040. The summed E-state index contributed by atoms with van der Waals surface area (Å²) in [6, 6.07) is 3.15. The van der Waals surface area contributed by atoms with Crippen molar-refractivity contribution in [2.75, 3.05) is 20.0 Å². The third-order valence-electron chi connectivity index (χ3n) is 3.87. The molecule has 0 saturated heterocycles. The van der Waals surface area contributed by atoms with Gasteiger partial charge in [0.25, 0.3) is 23.1 Å². The second-order valence-corrected chi connectivity index (χ2v) is 5.23. The number of anilines is 1. The molecule has 1 aromatic carbocycles. The van der Waals surface area contributed by atoms with E-state index in [1.54, 1.807) is 0 Å². The Morgan fingerprint density at radius 2 is 1.69 bits per heavy atom. The van der Waals surface area contributed by atoms with E-state index in [-0.39, 0.29) is 28.3 Å². The molecule has 0 aliphatic carbocycles. The summed E-state index contributed by atoms with van der Waals surface area (Å²) in [7, 11) is 2.61. The third kappa shape index (κ3) is 2.33. The van der Waals surface area contributed by atoms with Crippen molar-refractivity contribution in [3.05, 3.63) is 49.8 Å². The minimum atomic E-state index is -0.818. The van der Waals surface area contributed by atoms with Crippen molar-refractivity contribution in [3.8, 4) is 17.2 Å². The number of hydrogen-bond acceptors (Lipinski definition) is 8. The van der Waals surface area contributed by atoms with Gasteiger partial charge < -0.3 is 15.2 Å². The van der Waals surface area contributed by atoms with Crippen LogP contribution in [-0.2, 0) is 0 Å². The minimum absolute atomic E-state index is 0.0728. The van der Waals surface area contributed by atoms with E-state index < -0.39 is 33.8 Å². The van der Waals surface area contributed by atoms with Gasteiger partial charge in [-0.2, -0.15) is 0 Å². The Morgan fingerprint density at radius 1 is 1.08 bits per heavy atom. The molecule has 2 amide bonds. The lowest BCUT2D eigenvalue weighted by atomic mass is 10.1. The molecule has 11 heteroatoms. The van der Waals surface area contributed by atoms with Crippen molar-refractivity contribution in [2.45, 2.75) is 0 Å². The smallest absolute Gasteiger partial charge is 0.297 e. The zero-order valence-electron chi connectivity index (χ0n) is 13.6. The number of nitrogen functional groups attached to an aromatic ring is 1. The summed E-state index contributed by atoms with van der Waals surface area (Å²) in [5, 5.41) is 13.5. The largest absolute Gasteiger partial charge is 0.493 e. The van der Waals surface area contributed by atoms with Gasteiger partial charge in [0.15, 0.2) is 11.5 Å². The van der Waals surface area contributed by atoms with Crippen LogP contribution in [0.15, 0.2) is 23.0 Å². The van der Waals surface area contributed by atoms with Crippen molar-refractivity contribution in [1.82, 2.24) is 9.88 Å². The van der Waals surface area contributed by atoms with Gasteiger partial charge in [0.05, 0.1) is 36.3 Å². The normalized spacial score (nSPS) is 12.5. The van der Waals surface area contributed by atoms with Gasteiger partial charge in [0.2, 0.25) is 0 Å². The second kappa shape index (κ2) is 5.88. The third-order valence-corrected chi connectivity index (χ3v) is 3.87. The van der Waals surface area contributed by atoms with Gasteiger partial charge in [-0.05, 0) is 0 Å². The summed E-state index contributed by atoms with van der Waals surface area (Å²) in [6.07, 6.45) is 0. The van der Waals surface area contributed by atoms with Gasteiger partial charge in [0, 0.05) is 12.1 Å². The van der Waals surface area contributed by atoms with E-state index >= 15 is 0 Å². The molecule has 26 heavy (non-hydrogen) atoms. The van der Waals surface area contributed by atoms with E-state index in [4.69, 9.17) is 15.2 Å². The number of nitrogens with one attached hydrogen (secondary N) is 1. The number of aromatic nitrogens is 1. The molecular weight excluding hydrogens is 348 g/mol. The molecule has 1 aliphatic rings. The molecule has 0 fully saturated rings. The molecule has 0 atom stereocenters. The van der Waals surface area contributed by atoms with Gasteiger partial charge in [-0.15, -0.1) is 0 Å². The first kappa shape index (κ1) is 17.0. The second-order valence-electron chi connectivity index (χ2n) is 5.23. The van der Waals surface area contributed by atoms with E-state index in [0.717, 1.165) is 16.7 Å². The molecule has 3 rings (SSSR count). The number of carbonyl (C=O) groups is 2. The highest BCUT2D eigenvalue weighted by atomic mass is 16.6. The number of fused-ring (bicyclic) bond motifs is 1. The Hall–Kier alpha value is -3.89. The molecule has 0 spiro atoms. The number of benzene rings is 1. The maximum atomic E-state index is 12.5. The number of nitro benzene ring substituents is 1. The highest BCUT2D eigenvalue weighted by Crippen LogP contribution is 2.37. The average molecular weight is 360 g/mol. The Labute approximate surface area is 145 Å². The highest BCUT2D eigenvalue weighted by Gasteiger charge is 2.33. The molecule has 1 aliphatic heterocycles. The van der Waals surface area contributed by atoms with Gasteiger partial charge in [-0.25, -0.2) is 0 Å². The van der Waals surface area contributed by atoms with Crippen molar-refractivity contribution < 1.29 is 24.0 Å². The van der Waals surface area contributed by atoms with Crippen LogP contribution in [0.3, 0.4) is 0 Å². The van der Waals surface area contributed by atoms with Gasteiger partial charge in [-0.1, -0.05) is 0 Å². The van der Waals surface area contributed by atoms with Crippen LogP contribution < -0.4 is 26.1 Å². The lowest BCUT2D eigenvalue weighted by Crippen LogP contribution is -2.24. The molecule has 2 aromatic rings. The highest BCUT2D eigenvalue weighted by molar-refractivity contribution is 6.23. The van der Waals surface area contributed by atoms with Crippen molar-refractivity contribution >= 4 is 23.3 Å². The first-order valence-corrected chi connectivity index (χ1v) is 7.12. The zero-order chi connectivity index (χ0) is 19.2. The fourth-order valence-electron chi connectivity index (χ4n) is 2.71.